The molecule has 0 amide bonds. The molecule has 0 unspecified atom stereocenters. The number of rotatable bonds is 1. The van der Waals surface area contributed by atoms with Gasteiger partial charge in [-0.2, -0.15) is 0 Å². The van der Waals surface area contributed by atoms with Crippen molar-refractivity contribution < 1.29 is 5.11 Å². The highest BCUT2D eigenvalue weighted by Gasteiger charge is 2.16. The average Bonchev–Trinajstić information content (AvgIpc) is 2.21. The minimum atomic E-state index is -0.111. The van der Waals surface area contributed by atoms with Crippen LogP contribution in [0.4, 0.5) is 11.4 Å². The van der Waals surface area contributed by atoms with E-state index >= 15 is 0 Å². The number of nitrogen functional groups attached to an aromatic ring is 1. The molecule has 0 atom stereocenters. The summed E-state index contributed by atoms with van der Waals surface area (Å²) in [5, 5.41) is 9.37. The van der Waals surface area contributed by atoms with Gasteiger partial charge in [-0.1, -0.05) is 0 Å². The summed E-state index contributed by atoms with van der Waals surface area (Å²) in [6, 6.07) is 7.90. The molecule has 1 aromatic rings. The molecule has 3 nitrogen and oxygen atoms in total. The van der Waals surface area contributed by atoms with Gasteiger partial charge in [-0.25, -0.2) is 0 Å². The monoisotopic (exact) mass is 228 g/mol. The van der Waals surface area contributed by atoms with Crippen LogP contribution in [0.25, 0.3) is 0 Å². The molecule has 2 rings (SSSR count). The van der Waals surface area contributed by atoms with E-state index in [9.17, 15) is 5.11 Å². The maximum atomic E-state index is 9.37. The van der Waals surface area contributed by atoms with Crippen LogP contribution < -0.4 is 10.6 Å². The molecule has 0 bridgehead atoms. The minimum absolute atomic E-state index is 0. The zero-order valence-electron chi connectivity index (χ0n) is 8.60. The first-order valence-corrected chi connectivity index (χ1v) is 5.04. The third-order valence-electron chi connectivity index (χ3n) is 2.72. The molecule has 15 heavy (non-hydrogen) atoms. The number of aliphatic hydroxyl groups is 1. The fraction of sp³-hybridized carbons (Fsp3) is 0.455. The molecule has 0 radical (unpaired) electrons. The molecule has 0 spiro atoms. The van der Waals surface area contributed by atoms with Crippen molar-refractivity contribution in [1.29, 1.82) is 0 Å². The van der Waals surface area contributed by atoms with E-state index in [0.717, 1.165) is 31.6 Å². The topological polar surface area (TPSA) is 49.5 Å². The van der Waals surface area contributed by atoms with Crippen LogP contribution in [0.1, 0.15) is 12.8 Å². The Balaban J connectivity index is 0.00000112. The lowest BCUT2D eigenvalue weighted by atomic mass is 10.1. The summed E-state index contributed by atoms with van der Waals surface area (Å²) < 4.78 is 0. The zero-order valence-corrected chi connectivity index (χ0v) is 9.41. The lowest BCUT2D eigenvalue weighted by Gasteiger charge is -2.31. The number of piperidine rings is 1. The normalized spacial score (nSPS) is 17.3. The first-order chi connectivity index (χ1) is 6.75. The first-order valence-electron chi connectivity index (χ1n) is 5.04. The molecule has 1 heterocycles. The molecule has 1 aliphatic rings. The van der Waals surface area contributed by atoms with Crippen molar-refractivity contribution >= 4 is 23.8 Å². The lowest BCUT2D eigenvalue weighted by Crippen LogP contribution is -2.35. The molecular weight excluding hydrogens is 212 g/mol. The van der Waals surface area contributed by atoms with E-state index in [4.69, 9.17) is 5.73 Å². The van der Waals surface area contributed by atoms with Gasteiger partial charge in [-0.15, -0.1) is 12.4 Å². The summed E-state index contributed by atoms with van der Waals surface area (Å²) in [5.74, 6) is 0. The number of anilines is 2. The van der Waals surface area contributed by atoms with Crippen LogP contribution in [0.15, 0.2) is 24.3 Å². The number of nitrogens with zero attached hydrogens (tertiary/aromatic N) is 1. The molecule has 1 saturated heterocycles. The fourth-order valence-corrected chi connectivity index (χ4v) is 1.81. The van der Waals surface area contributed by atoms with Gasteiger partial charge in [0.2, 0.25) is 0 Å². The highest BCUT2D eigenvalue weighted by molar-refractivity contribution is 5.85. The summed E-state index contributed by atoms with van der Waals surface area (Å²) >= 11 is 0. The summed E-state index contributed by atoms with van der Waals surface area (Å²) in [7, 11) is 0. The van der Waals surface area contributed by atoms with Gasteiger partial charge in [0.05, 0.1) is 6.10 Å². The van der Waals surface area contributed by atoms with Gasteiger partial charge in [0.15, 0.2) is 0 Å². The van der Waals surface area contributed by atoms with Crippen LogP contribution in [0.5, 0.6) is 0 Å². The predicted molar refractivity (Wildman–Crippen MR) is 65.6 cm³/mol. The zero-order chi connectivity index (χ0) is 9.97. The molecule has 3 N–H and O–H groups in total. The van der Waals surface area contributed by atoms with E-state index < -0.39 is 0 Å². The molecule has 84 valence electrons. The third kappa shape index (κ3) is 3.01. The Kier molecular flexibility index (Phi) is 4.24. The molecule has 0 aromatic heterocycles. The van der Waals surface area contributed by atoms with Crippen molar-refractivity contribution in [2.45, 2.75) is 18.9 Å². The maximum absolute atomic E-state index is 9.37. The van der Waals surface area contributed by atoms with E-state index in [1.165, 1.54) is 5.69 Å². The van der Waals surface area contributed by atoms with Crippen LogP contribution in [0.2, 0.25) is 0 Å². The second-order valence-electron chi connectivity index (χ2n) is 3.81. The van der Waals surface area contributed by atoms with E-state index in [1.807, 2.05) is 24.3 Å². The Morgan fingerprint density at radius 2 is 1.67 bits per heavy atom. The fourth-order valence-electron chi connectivity index (χ4n) is 1.81. The highest BCUT2D eigenvalue weighted by Crippen LogP contribution is 2.20. The molecule has 0 saturated carbocycles. The number of halogens is 1. The maximum Gasteiger partial charge on any atom is 0.0574 e. The van der Waals surface area contributed by atoms with Gasteiger partial charge in [0, 0.05) is 24.5 Å². The second kappa shape index (κ2) is 5.24. The van der Waals surface area contributed by atoms with Crippen molar-refractivity contribution in [1.82, 2.24) is 0 Å². The van der Waals surface area contributed by atoms with Crippen LogP contribution in [-0.2, 0) is 0 Å². The Labute approximate surface area is 96.3 Å². The van der Waals surface area contributed by atoms with Crippen molar-refractivity contribution in [3.8, 4) is 0 Å². The van der Waals surface area contributed by atoms with Crippen molar-refractivity contribution in [2.75, 3.05) is 23.7 Å². The highest BCUT2D eigenvalue weighted by atomic mass is 35.5. The van der Waals surface area contributed by atoms with Gasteiger partial charge in [-0.05, 0) is 37.1 Å². The van der Waals surface area contributed by atoms with Crippen LogP contribution in [-0.4, -0.2) is 24.3 Å². The van der Waals surface area contributed by atoms with E-state index in [0.29, 0.717) is 0 Å². The Hall–Kier alpha value is -0.930. The molecule has 1 fully saturated rings. The van der Waals surface area contributed by atoms with Crippen molar-refractivity contribution in [3.05, 3.63) is 24.3 Å². The van der Waals surface area contributed by atoms with Gasteiger partial charge in [0.25, 0.3) is 0 Å². The third-order valence-corrected chi connectivity index (χ3v) is 2.72. The smallest absolute Gasteiger partial charge is 0.0574 e. The number of aliphatic hydroxyl groups excluding tert-OH is 1. The number of benzene rings is 1. The van der Waals surface area contributed by atoms with E-state index in [-0.39, 0.29) is 18.5 Å². The standard InChI is InChI=1S/C11H16N2O.ClH/c12-9-1-3-10(4-2-9)13-7-5-11(14)6-8-13;/h1-4,11,14H,5-8,12H2;1H. The van der Waals surface area contributed by atoms with Gasteiger partial charge >= 0.3 is 0 Å². The Morgan fingerprint density at radius 3 is 2.20 bits per heavy atom. The van der Waals surface area contributed by atoms with Gasteiger partial charge < -0.3 is 15.7 Å². The van der Waals surface area contributed by atoms with Gasteiger partial charge in [0.1, 0.15) is 0 Å². The van der Waals surface area contributed by atoms with Crippen LogP contribution >= 0.6 is 12.4 Å². The lowest BCUT2D eigenvalue weighted by molar-refractivity contribution is 0.145. The number of hydrogen-bond donors (Lipinski definition) is 2. The van der Waals surface area contributed by atoms with E-state index in [1.54, 1.807) is 0 Å². The second-order valence-corrected chi connectivity index (χ2v) is 3.81. The summed E-state index contributed by atoms with van der Waals surface area (Å²) in [6.07, 6.45) is 1.62. The Morgan fingerprint density at radius 1 is 1.13 bits per heavy atom. The molecule has 0 aliphatic carbocycles. The quantitative estimate of drug-likeness (QED) is 0.719. The first kappa shape index (κ1) is 12.1. The predicted octanol–water partition coefficient (Wildman–Crippen LogP) is 1.65. The van der Waals surface area contributed by atoms with Crippen LogP contribution in [0, 0.1) is 0 Å². The summed E-state index contributed by atoms with van der Waals surface area (Å²) in [5.41, 5.74) is 7.62. The van der Waals surface area contributed by atoms with E-state index in [2.05, 4.69) is 4.90 Å². The summed E-state index contributed by atoms with van der Waals surface area (Å²) in [4.78, 5) is 2.28. The van der Waals surface area contributed by atoms with Crippen molar-refractivity contribution in [2.24, 2.45) is 0 Å². The minimum Gasteiger partial charge on any atom is -0.399 e. The molecule has 1 aliphatic heterocycles. The molecule has 1 aromatic carbocycles. The SMILES string of the molecule is Cl.Nc1ccc(N2CCC(O)CC2)cc1. The summed E-state index contributed by atoms with van der Waals surface area (Å²) in [6.45, 7) is 1.87. The molecular formula is C11H17ClN2O. The Bertz CT molecular complexity index is 294. The molecule has 4 heteroatoms. The van der Waals surface area contributed by atoms with Gasteiger partial charge in [-0.3, -0.25) is 0 Å². The largest absolute Gasteiger partial charge is 0.399 e. The average molecular weight is 229 g/mol. The van der Waals surface area contributed by atoms with Crippen LogP contribution in [0.3, 0.4) is 0 Å². The number of nitrogens with two attached hydrogens (primary N) is 1. The van der Waals surface area contributed by atoms with Crippen molar-refractivity contribution in [3.63, 3.8) is 0 Å². The number of hydrogen-bond acceptors (Lipinski definition) is 3.